The summed E-state index contributed by atoms with van der Waals surface area (Å²) in [6.07, 6.45) is 1.20. The highest BCUT2D eigenvalue weighted by Crippen LogP contribution is 2.27. The van der Waals surface area contributed by atoms with Gasteiger partial charge in [0.2, 0.25) is 0 Å². The Hall–Kier alpha value is -1.14. The molecule has 1 aromatic rings. The van der Waals surface area contributed by atoms with Crippen molar-refractivity contribution in [3.05, 3.63) is 29.3 Å². The van der Waals surface area contributed by atoms with Gasteiger partial charge in [0.05, 0.1) is 13.2 Å². The van der Waals surface area contributed by atoms with Crippen LogP contribution in [0.25, 0.3) is 0 Å². The monoisotopic (exact) mass is 292 g/mol. The lowest BCUT2D eigenvalue weighted by Gasteiger charge is -2.35. The van der Waals surface area contributed by atoms with Crippen molar-refractivity contribution in [2.45, 2.75) is 25.4 Å². The molecule has 0 amide bonds. The lowest BCUT2D eigenvalue weighted by Crippen LogP contribution is -2.49. The lowest BCUT2D eigenvalue weighted by atomic mass is 9.94. The SMILES string of the molecule is COc1ccc(C(NN)C2CN(C)CCCN2C)c(C)c1. The second kappa shape index (κ2) is 7.22. The van der Waals surface area contributed by atoms with Crippen LogP contribution < -0.4 is 16.0 Å². The van der Waals surface area contributed by atoms with Crippen LogP contribution in [0.3, 0.4) is 0 Å². The van der Waals surface area contributed by atoms with Crippen LogP contribution in [0.15, 0.2) is 18.2 Å². The molecule has 21 heavy (non-hydrogen) atoms. The van der Waals surface area contributed by atoms with E-state index in [4.69, 9.17) is 10.6 Å². The maximum Gasteiger partial charge on any atom is 0.119 e. The van der Waals surface area contributed by atoms with Crippen molar-refractivity contribution in [1.82, 2.24) is 15.2 Å². The number of benzene rings is 1. The van der Waals surface area contributed by atoms with Crippen molar-refractivity contribution in [1.29, 1.82) is 0 Å². The molecule has 1 aromatic carbocycles. The Bertz CT molecular complexity index is 466. The van der Waals surface area contributed by atoms with Gasteiger partial charge in [0.1, 0.15) is 5.75 Å². The molecule has 0 spiro atoms. The topological polar surface area (TPSA) is 53.8 Å². The van der Waals surface area contributed by atoms with Gasteiger partial charge in [-0.15, -0.1) is 0 Å². The standard InChI is InChI=1S/C16H28N4O/c1-12-10-13(21-4)6-7-14(12)16(18-17)15-11-19(2)8-5-9-20(15)3/h6-7,10,15-16,18H,5,8-9,11,17H2,1-4H3. The molecule has 0 aromatic heterocycles. The van der Waals surface area contributed by atoms with E-state index < -0.39 is 0 Å². The molecule has 5 heteroatoms. The summed E-state index contributed by atoms with van der Waals surface area (Å²) in [5, 5.41) is 0. The Morgan fingerprint density at radius 2 is 2.10 bits per heavy atom. The maximum absolute atomic E-state index is 5.91. The van der Waals surface area contributed by atoms with E-state index in [0.29, 0.717) is 6.04 Å². The lowest BCUT2D eigenvalue weighted by molar-refractivity contribution is 0.178. The van der Waals surface area contributed by atoms with Crippen LogP contribution in [0.2, 0.25) is 0 Å². The Balaban J connectivity index is 2.29. The molecule has 5 nitrogen and oxygen atoms in total. The van der Waals surface area contributed by atoms with Gasteiger partial charge in [-0.2, -0.15) is 0 Å². The van der Waals surface area contributed by atoms with Crippen LogP contribution in [0, 0.1) is 6.92 Å². The Morgan fingerprint density at radius 3 is 2.71 bits per heavy atom. The van der Waals surface area contributed by atoms with Crippen molar-refractivity contribution in [2.24, 2.45) is 5.84 Å². The van der Waals surface area contributed by atoms with Crippen molar-refractivity contribution in [3.63, 3.8) is 0 Å². The predicted octanol–water partition coefficient (Wildman–Crippen LogP) is 1.14. The Labute approximate surface area is 128 Å². The number of nitrogens with zero attached hydrogens (tertiary/aromatic N) is 2. The number of hydrazine groups is 1. The summed E-state index contributed by atoms with van der Waals surface area (Å²) >= 11 is 0. The Morgan fingerprint density at radius 1 is 1.33 bits per heavy atom. The van der Waals surface area contributed by atoms with Crippen molar-refractivity contribution < 1.29 is 4.74 Å². The van der Waals surface area contributed by atoms with Crippen LogP contribution in [0.5, 0.6) is 5.75 Å². The summed E-state index contributed by atoms with van der Waals surface area (Å²) in [5.74, 6) is 6.79. The summed E-state index contributed by atoms with van der Waals surface area (Å²) in [7, 11) is 6.06. The fraction of sp³-hybridized carbons (Fsp3) is 0.625. The molecule has 0 saturated carbocycles. The second-order valence-corrected chi connectivity index (χ2v) is 6.03. The van der Waals surface area contributed by atoms with E-state index in [0.717, 1.165) is 25.4 Å². The molecule has 2 unspecified atom stereocenters. The molecule has 1 aliphatic rings. The predicted molar refractivity (Wildman–Crippen MR) is 86.3 cm³/mol. The number of methoxy groups -OCH3 is 1. The second-order valence-electron chi connectivity index (χ2n) is 6.03. The molecule has 0 bridgehead atoms. The third kappa shape index (κ3) is 3.74. The number of nitrogens with two attached hydrogens (primary N) is 1. The minimum absolute atomic E-state index is 0.112. The van der Waals surface area contributed by atoms with Crippen molar-refractivity contribution in [2.75, 3.05) is 40.8 Å². The number of hydrogen-bond acceptors (Lipinski definition) is 5. The highest BCUT2D eigenvalue weighted by atomic mass is 16.5. The van der Waals surface area contributed by atoms with E-state index in [1.807, 2.05) is 6.07 Å². The van der Waals surface area contributed by atoms with Gasteiger partial charge in [0, 0.05) is 12.6 Å². The summed E-state index contributed by atoms with van der Waals surface area (Å²) in [6.45, 7) is 5.36. The molecular formula is C16H28N4O. The molecule has 118 valence electrons. The molecule has 1 heterocycles. The number of nitrogens with one attached hydrogen (secondary N) is 1. The van der Waals surface area contributed by atoms with E-state index >= 15 is 0 Å². The molecule has 1 fully saturated rings. The molecular weight excluding hydrogens is 264 g/mol. The minimum atomic E-state index is 0.112. The fourth-order valence-corrected chi connectivity index (χ4v) is 3.20. The molecule has 3 N–H and O–H groups in total. The Kier molecular flexibility index (Phi) is 5.58. The zero-order valence-electron chi connectivity index (χ0n) is 13.6. The molecule has 0 aliphatic carbocycles. The van der Waals surface area contributed by atoms with Crippen molar-refractivity contribution in [3.8, 4) is 5.75 Å². The molecule has 2 atom stereocenters. The largest absolute Gasteiger partial charge is 0.497 e. The van der Waals surface area contributed by atoms with E-state index in [9.17, 15) is 0 Å². The van der Waals surface area contributed by atoms with Crippen molar-refractivity contribution >= 4 is 0 Å². The maximum atomic E-state index is 5.91. The smallest absolute Gasteiger partial charge is 0.119 e. The van der Waals surface area contributed by atoms with E-state index in [2.05, 4.69) is 48.4 Å². The fourth-order valence-electron chi connectivity index (χ4n) is 3.20. The van der Waals surface area contributed by atoms with Crippen LogP contribution in [0.4, 0.5) is 0 Å². The van der Waals surface area contributed by atoms with E-state index in [1.54, 1.807) is 7.11 Å². The molecule has 2 rings (SSSR count). The highest BCUT2D eigenvalue weighted by Gasteiger charge is 2.29. The quantitative estimate of drug-likeness (QED) is 0.644. The first-order valence-electron chi connectivity index (χ1n) is 7.56. The molecule has 1 saturated heterocycles. The van der Waals surface area contributed by atoms with E-state index in [-0.39, 0.29) is 6.04 Å². The summed E-state index contributed by atoms with van der Waals surface area (Å²) in [4.78, 5) is 4.80. The first-order valence-corrected chi connectivity index (χ1v) is 7.56. The van der Waals surface area contributed by atoms with E-state index in [1.165, 1.54) is 17.5 Å². The number of aryl methyl sites for hydroxylation is 1. The van der Waals surface area contributed by atoms with Gasteiger partial charge in [-0.25, -0.2) is 0 Å². The molecule has 0 radical (unpaired) electrons. The normalized spacial score (nSPS) is 22.8. The number of ether oxygens (including phenoxy) is 1. The average Bonchev–Trinajstić information content (AvgIpc) is 2.63. The number of likely N-dealkylation sites (N-methyl/N-ethyl adjacent to an activating group) is 2. The first kappa shape index (κ1) is 16.2. The van der Waals surface area contributed by atoms with Gasteiger partial charge >= 0.3 is 0 Å². The van der Waals surface area contributed by atoms with Crippen LogP contribution in [-0.4, -0.2) is 56.7 Å². The number of rotatable bonds is 4. The number of hydrogen-bond donors (Lipinski definition) is 2. The van der Waals surface area contributed by atoms with Gasteiger partial charge in [-0.3, -0.25) is 11.3 Å². The first-order chi connectivity index (χ1) is 10.1. The summed E-state index contributed by atoms with van der Waals surface area (Å²) < 4.78 is 5.30. The van der Waals surface area contributed by atoms with Crippen LogP contribution in [0.1, 0.15) is 23.6 Å². The van der Waals surface area contributed by atoms with Gasteiger partial charge < -0.3 is 14.5 Å². The van der Waals surface area contributed by atoms with Crippen LogP contribution >= 0.6 is 0 Å². The minimum Gasteiger partial charge on any atom is -0.497 e. The molecule has 1 aliphatic heterocycles. The van der Waals surface area contributed by atoms with Gasteiger partial charge in [0.25, 0.3) is 0 Å². The zero-order valence-corrected chi connectivity index (χ0v) is 13.6. The highest BCUT2D eigenvalue weighted by molar-refractivity contribution is 5.37. The van der Waals surface area contributed by atoms with Gasteiger partial charge in [0.15, 0.2) is 0 Å². The third-order valence-corrected chi connectivity index (χ3v) is 4.49. The van der Waals surface area contributed by atoms with Gasteiger partial charge in [-0.05, 0) is 63.8 Å². The van der Waals surface area contributed by atoms with Crippen LogP contribution in [-0.2, 0) is 0 Å². The summed E-state index contributed by atoms with van der Waals surface area (Å²) in [6, 6.07) is 6.67. The average molecular weight is 292 g/mol. The van der Waals surface area contributed by atoms with Gasteiger partial charge in [-0.1, -0.05) is 6.07 Å². The third-order valence-electron chi connectivity index (χ3n) is 4.49. The summed E-state index contributed by atoms with van der Waals surface area (Å²) in [5.41, 5.74) is 5.48. The zero-order chi connectivity index (χ0) is 15.4.